The number of methoxy groups -OCH3 is 1. The zero-order valence-electron chi connectivity index (χ0n) is 10.5. The van der Waals surface area contributed by atoms with Crippen molar-refractivity contribution >= 4 is 5.69 Å². The molecule has 0 aliphatic rings. The molecular formula is C14H11F4NO. The van der Waals surface area contributed by atoms with Gasteiger partial charge in [0.05, 0.1) is 7.11 Å². The molecule has 0 atom stereocenters. The number of benzene rings is 2. The molecule has 2 nitrogen and oxygen atoms in total. The Kier molecular flexibility index (Phi) is 4.12. The number of ether oxygens (including phenoxy) is 1. The number of rotatable bonds is 4. The van der Waals surface area contributed by atoms with Crippen LogP contribution in [-0.2, 0) is 6.54 Å². The maximum absolute atomic E-state index is 13.8. The molecule has 2 aromatic rings. The van der Waals surface area contributed by atoms with Crippen LogP contribution < -0.4 is 10.1 Å². The zero-order valence-corrected chi connectivity index (χ0v) is 10.5. The molecule has 2 rings (SSSR count). The smallest absolute Gasteiger partial charge is 0.194 e. The number of hydrogen-bond acceptors (Lipinski definition) is 2. The van der Waals surface area contributed by atoms with Gasteiger partial charge in [0, 0.05) is 29.9 Å². The number of nitrogens with one attached hydrogen (secondary N) is 1. The fourth-order valence-electron chi connectivity index (χ4n) is 1.71. The fraction of sp³-hybridized carbons (Fsp3) is 0.143. The maximum atomic E-state index is 13.8. The average molecular weight is 285 g/mol. The molecule has 0 saturated carbocycles. The lowest BCUT2D eigenvalue weighted by Gasteiger charge is -2.10. The predicted molar refractivity (Wildman–Crippen MR) is 66.6 cm³/mol. The van der Waals surface area contributed by atoms with Gasteiger partial charge in [0.2, 0.25) is 0 Å². The third-order valence-corrected chi connectivity index (χ3v) is 2.73. The molecule has 0 aliphatic carbocycles. The van der Waals surface area contributed by atoms with Crippen LogP contribution in [-0.4, -0.2) is 7.11 Å². The summed E-state index contributed by atoms with van der Waals surface area (Å²) < 4.78 is 57.5. The van der Waals surface area contributed by atoms with Crippen LogP contribution in [0.2, 0.25) is 0 Å². The molecule has 0 aromatic heterocycles. The van der Waals surface area contributed by atoms with E-state index in [2.05, 4.69) is 5.32 Å². The maximum Gasteiger partial charge on any atom is 0.194 e. The summed E-state index contributed by atoms with van der Waals surface area (Å²) in [5.74, 6) is -4.65. The van der Waals surface area contributed by atoms with Gasteiger partial charge in [0.1, 0.15) is 0 Å². The van der Waals surface area contributed by atoms with Crippen molar-refractivity contribution in [3.63, 3.8) is 0 Å². The fourth-order valence-corrected chi connectivity index (χ4v) is 1.71. The van der Waals surface area contributed by atoms with Crippen LogP contribution in [0.25, 0.3) is 0 Å². The average Bonchev–Trinajstić information content (AvgIpc) is 2.43. The summed E-state index contributed by atoms with van der Waals surface area (Å²) in [6.07, 6.45) is 0. The van der Waals surface area contributed by atoms with Gasteiger partial charge in [0.15, 0.2) is 29.0 Å². The molecule has 0 spiro atoms. The summed E-state index contributed by atoms with van der Waals surface area (Å²) in [6.45, 7) is -0.0203. The minimum absolute atomic E-state index is 0.0172. The van der Waals surface area contributed by atoms with Crippen LogP contribution in [0.4, 0.5) is 23.2 Å². The first-order valence-corrected chi connectivity index (χ1v) is 5.72. The first-order valence-electron chi connectivity index (χ1n) is 5.72. The van der Waals surface area contributed by atoms with Crippen LogP contribution in [0.5, 0.6) is 5.75 Å². The molecule has 6 heteroatoms. The Balaban J connectivity index is 2.17. The van der Waals surface area contributed by atoms with E-state index >= 15 is 0 Å². The van der Waals surface area contributed by atoms with Crippen molar-refractivity contribution in [2.75, 3.05) is 12.4 Å². The topological polar surface area (TPSA) is 21.3 Å². The van der Waals surface area contributed by atoms with Gasteiger partial charge in [-0.3, -0.25) is 0 Å². The Bertz CT molecular complexity index is 608. The van der Waals surface area contributed by atoms with Crippen molar-refractivity contribution < 1.29 is 22.3 Å². The summed E-state index contributed by atoms with van der Waals surface area (Å²) in [7, 11) is 1.33. The van der Waals surface area contributed by atoms with E-state index in [1.165, 1.54) is 19.2 Å². The second-order valence-electron chi connectivity index (χ2n) is 4.04. The van der Waals surface area contributed by atoms with Gasteiger partial charge < -0.3 is 10.1 Å². The van der Waals surface area contributed by atoms with E-state index in [1.807, 2.05) is 0 Å². The summed E-state index contributed by atoms with van der Waals surface area (Å²) in [4.78, 5) is 0. The normalized spacial score (nSPS) is 10.4. The van der Waals surface area contributed by atoms with E-state index in [0.29, 0.717) is 0 Å². The third-order valence-electron chi connectivity index (χ3n) is 2.73. The Morgan fingerprint density at radius 1 is 1.00 bits per heavy atom. The lowest BCUT2D eigenvalue weighted by Crippen LogP contribution is -2.04. The van der Waals surface area contributed by atoms with Gasteiger partial charge in [-0.2, -0.15) is 0 Å². The second-order valence-corrected chi connectivity index (χ2v) is 4.04. The van der Waals surface area contributed by atoms with Crippen LogP contribution in [0.3, 0.4) is 0 Å². The molecule has 20 heavy (non-hydrogen) atoms. The number of anilines is 1. The van der Waals surface area contributed by atoms with E-state index in [9.17, 15) is 17.6 Å². The van der Waals surface area contributed by atoms with Gasteiger partial charge in [-0.1, -0.05) is 12.1 Å². The molecule has 0 bridgehead atoms. The van der Waals surface area contributed by atoms with Crippen molar-refractivity contribution in [3.8, 4) is 5.75 Å². The molecule has 1 N–H and O–H groups in total. The monoisotopic (exact) mass is 285 g/mol. The molecule has 0 fully saturated rings. The predicted octanol–water partition coefficient (Wildman–Crippen LogP) is 3.86. The molecule has 0 radical (unpaired) electrons. The SMILES string of the molecule is COc1cccc(CNc2cc(F)c(F)c(F)c2)c1F. The molecule has 0 heterocycles. The van der Waals surface area contributed by atoms with Crippen molar-refractivity contribution in [3.05, 3.63) is 59.2 Å². The largest absolute Gasteiger partial charge is 0.494 e. The molecule has 2 aromatic carbocycles. The van der Waals surface area contributed by atoms with Crippen LogP contribution in [0, 0.1) is 23.3 Å². The lowest BCUT2D eigenvalue weighted by atomic mass is 10.2. The second kappa shape index (κ2) is 5.81. The standard InChI is InChI=1S/C14H11F4NO/c1-20-12-4-2-3-8(13(12)17)7-19-9-5-10(15)14(18)11(16)6-9/h2-6,19H,7H2,1H3. The van der Waals surface area contributed by atoms with Gasteiger partial charge in [-0.05, 0) is 6.07 Å². The lowest BCUT2D eigenvalue weighted by molar-refractivity contribution is 0.384. The van der Waals surface area contributed by atoms with E-state index in [4.69, 9.17) is 4.74 Å². The van der Waals surface area contributed by atoms with Crippen LogP contribution in [0.1, 0.15) is 5.56 Å². The van der Waals surface area contributed by atoms with Crippen molar-refractivity contribution in [2.45, 2.75) is 6.54 Å². The van der Waals surface area contributed by atoms with E-state index in [1.54, 1.807) is 6.07 Å². The molecule has 0 aliphatic heterocycles. The van der Waals surface area contributed by atoms with Crippen molar-refractivity contribution in [1.82, 2.24) is 0 Å². The Morgan fingerprint density at radius 3 is 2.25 bits per heavy atom. The highest BCUT2D eigenvalue weighted by atomic mass is 19.2. The summed E-state index contributed by atoms with van der Waals surface area (Å²) in [5.41, 5.74) is 0.276. The molecule has 0 saturated heterocycles. The summed E-state index contributed by atoms with van der Waals surface area (Å²) in [6, 6.07) is 6.15. The highest BCUT2D eigenvalue weighted by Gasteiger charge is 2.12. The van der Waals surface area contributed by atoms with E-state index < -0.39 is 23.3 Å². The van der Waals surface area contributed by atoms with Gasteiger partial charge in [-0.25, -0.2) is 17.6 Å². The summed E-state index contributed by atoms with van der Waals surface area (Å²) >= 11 is 0. The van der Waals surface area contributed by atoms with Crippen LogP contribution in [0.15, 0.2) is 30.3 Å². The quantitative estimate of drug-likeness (QED) is 0.680. The zero-order chi connectivity index (χ0) is 14.7. The number of hydrogen-bond donors (Lipinski definition) is 1. The van der Waals surface area contributed by atoms with E-state index in [-0.39, 0.29) is 23.5 Å². The Labute approximate surface area is 113 Å². The molecule has 106 valence electrons. The van der Waals surface area contributed by atoms with Crippen LogP contribution >= 0.6 is 0 Å². The van der Waals surface area contributed by atoms with Gasteiger partial charge in [0.25, 0.3) is 0 Å². The summed E-state index contributed by atoms with van der Waals surface area (Å²) in [5, 5.41) is 2.62. The first kappa shape index (κ1) is 14.2. The Hall–Kier alpha value is -2.24. The van der Waals surface area contributed by atoms with E-state index in [0.717, 1.165) is 12.1 Å². The highest BCUT2D eigenvalue weighted by Crippen LogP contribution is 2.22. The van der Waals surface area contributed by atoms with Gasteiger partial charge >= 0.3 is 0 Å². The minimum Gasteiger partial charge on any atom is -0.494 e. The third kappa shape index (κ3) is 2.84. The van der Waals surface area contributed by atoms with Gasteiger partial charge in [-0.15, -0.1) is 0 Å². The molecule has 0 unspecified atom stereocenters. The first-order chi connectivity index (χ1) is 9.52. The number of halogens is 4. The molecule has 0 amide bonds. The van der Waals surface area contributed by atoms with Crippen molar-refractivity contribution in [1.29, 1.82) is 0 Å². The molecular weight excluding hydrogens is 274 g/mol. The Morgan fingerprint density at radius 2 is 1.65 bits per heavy atom. The van der Waals surface area contributed by atoms with Crippen molar-refractivity contribution in [2.24, 2.45) is 0 Å². The minimum atomic E-state index is -1.54. The highest BCUT2D eigenvalue weighted by molar-refractivity contribution is 5.45.